The van der Waals surface area contributed by atoms with Crippen LogP contribution in [0, 0.1) is 0 Å². The Morgan fingerprint density at radius 2 is 2.03 bits per heavy atom. The number of carboxylic acid groups (broad SMARTS) is 1. The first kappa shape index (κ1) is 19.0. The van der Waals surface area contributed by atoms with E-state index in [2.05, 4.69) is 25.2 Å². The number of β-amino-alcohol motifs (C(OH)–C–C–N with tert-alkyl or cyclic N) is 1. The number of nitrogens with zero attached hydrogens (tertiary/aromatic N) is 4. The first-order valence-electron chi connectivity index (χ1n) is 10.3. The topological polar surface area (TPSA) is 127 Å². The summed E-state index contributed by atoms with van der Waals surface area (Å²) in [6.45, 7) is 2.16. The predicted molar refractivity (Wildman–Crippen MR) is 111 cm³/mol. The van der Waals surface area contributed by atoms with Gasteiger partial charge in [0.15, 0.2) is 0 Å². The number of aliphatic hydroxyl groups excluding tert-OH is 1. The molecule has 0 spiro atoms. The fourth-order valence-electron chi connectivity index (χ4n) is 4.35. The number of likely N-dealkylation sites (tertiary alicyclic amines) is 1. The molecule has 2 fully saturated rings. The van der Waals surface area contributed by atoms with Gasteiger partial charge in [-0.15, -0.1) is 0 Å². The fraction of sp³-hybridized carbons (Fsp3) is 0.429. The molecule has 156 valence electrons. The van der Waals surface area contributed by atoms with Crippen molar-refractivity contribution in [2.75, 3.05) is 18.4 Å². The van der Waals surface area contributed by atoms with Gasteiger partial charge in [-0.2, -0.15) is 4.98 Å². The van der Waals surface area contributed by atoms with Crippen molar-refractivity contribution < 1.29 is 15.0 Å². The van der Waals surface area contributed by atoms with Crippen LogP contribution in [0.25, 0.3) is 11.0 Å². The largest absolute Gasteiger partial charge is 0.477 e. The minimum absolute atomic E-state index is 0.120. The number of aromatic carboxylic acids is 1. The summed E-state index contributed by atoms with van der Waals surface area (Å²) in [6, 6.07) is 5.51. The molecule has 0 atom stereocenters. The molecule has 1 saturated carbocycles. The number of aliphatic hydroxyl groups is 1. The van der Waals surface area contributed by atoms with Crippen LogP contribution >= 0.6 is 0 Å². The Balaban J connectivity index is 1.40. The van der Waals surface area contributed by atoms with Crippen LogP contribution in [0.5, 0.6) is 0 Å². The standard InChI is InChI=1S/C21H24N6O3/c28-14-10-27(11-14)9-12-5-6-17(22-8-12)24-21-25-18(13-3-1-2-4-13)15-7-16(20(29)30)23-19(15)26-21/h5-8,13-14,28H,1-4,9-11H2,(H,29,30)(H2,22,23,24,25,26). The van der Waals surface area contributed by atoms with Gasteiger partial charge in [-0.1, -0.05) is 18.9 Å². The zero-order chi connectivity index (χ0) is 20.7. The Bertz CT molecular complexity index is 1070. The summed E-state index contributed by atoms with van der Waals surface area (Å²) in [5.41, 5.74) is 2.62. The first-order chi connectivity index (χ1) is 14.5. The van der Waals surface area contributed by atoms with Gasteiger partial charge in [0.05, 0.1) is 11.8 Å². The van der Waals surface area contributed by atoms with Crippen molar-refractivity contribution in [3.8, 4) is 0 Å². The second-order valence-corrected chi connectivity index (χ2v) is 8.19. The second kappa shape index (κ2) is 7.66. The molecule has 4 N–H and O–H groups in total. The van der Waals surface area contributed by atoms with Gasteiger partial charge in [-0.25, -0.2) is 14.8 Å². The number of hydrogen-bond donors (Lipinski definition) is 4. The van der Waals surface area contributed by atoms with Crippen LogP contribution in [0.1, 0.15) is 53.3 Å². The molecule has 0 radical (unpaired) electrons. The number of pyridine rings is 1. The van der Waals surface area contributed by atoms with Crippen LogP contribution in [-0.4, -0.2) is 60.2 Å². The molecular weight excluding hydrogens is 384 g/mol. The van der Waals surface area contributed by atoms with Crippen molar-refractivity contribution in [1.29, 1.82) is 0 Å². The Labute approximate surface area is 173 Å². The van der Waals surface area contributed by atoms with Gasteiger partial charge >= 0.3 is 5.97 Å². The molecule has 2 aliphatic rings. The van der Waals surface area contributed by atoms with E-state index in [0.717, 1.165) is 48.9 Å². The molecule has 0 amide bonds. The van der Waals surface area contributed by atoms with Gasteiger partial charge in [0, 0.05) is 37.1 Å². The molecule has 1 aliphatic carbocycles. The van der Waals surface area contributed by atoms with E-state index >= 15 is 0 Å². The highest BCUT2D eigenvalue weighted by molar-refractivity contribution is 5.93. The van der Waals surface area contributed by atoms with Crippen LogP contribution in [0.4, 0.5) is 11.8 Å². The van der Waals surface area contributed by atoms with Crippen molar-refractivity contribution in [1.82, 2.24) is 24.8 Å². The number of fused-ring (bicyclic) bond motifs is 1. The number of rotatable bonds is 6. The molecule has 1 saturated heterocycles. The maximum Gasteiger partial charge on any atom is 0.352 e. The minimum Gasteiger partial charge on any atom is -0.477 e. The summed E-state index contributed by atoms with van der Waals surface area (Å²) in [7, 11) is 0. The Morgan fingerprint density at radius 1 is 1.23 bits per heavy atom. The van der Waals surface area contributed by atoms with Crippen LogP contribution in [0.2, 0.25) is 0 Å². The summed E-state index contributed by atoms with van der Waals surface area (Å²) in [6.07, 6.45) is 6.02. The molecule has 9 nitrogen and oxygen atoms in total. The molecule has 4 heterocycles. The lowest BCUT2D eigenvalue weighted by molar-refractivity contribution is -0.00291. The number of hydrogen-bond acceptors (Lipinski definition) is 7. The van der Waals surface area contributed by atoms with Gasteiger partial charge in [0.2, 0.25) is 5.95 Å². The summed E-state index contributed by atoms with van der Waals surface area (Å²) < 4.78 is 0. The van der Waals surface area contributed by atoms with Gasteiger partial charge in [-0.3, -0.25) is 4.90 Å². The molecule has 5 rings (SSSR count). The number of carbonyl (C=O) groups is 1. The summed E-state index contributed by atoms with van der Waals surface area (Å²) in [5, 5.41) is 22.7. The van der Waals surface area contributed by atoms with E-state index in [4.69, 9.17) is 4.98 Å². The molecule has 3 aromatic rings. The average molecular weight is 408 g/mol. The molecule has 1 aliphatic heterocycles. The van der Waals surface area contributed by atoms with E-state index in [9.17, 15) is 15.0 Å². The number of H-pyrrole nitrogens is 1. The SMILES string of the molecule is O=C(O)c1cc2c(C3CCCC3)nc(Nc3ccc(CN4CC(O)C4)cn3)nc2[nH]1. The predicted octanol–water partition coefficient (Wildman–Crippen LogP) is 2.63. The number of nitrogens with one attached hydrogen (secondary N) is 2. The van der Waals surface area contributed by atoms with E-state index in [-0.39, 0.29) is 11.8 Å². The zero-order valence-corrected chi connectivity index (χ0v) is 16.5. The number of carboxylic acids is 1. The third-order valence-corrected chi connectivity index (χ3v) is 5.90. The lowest BCUT2D eigenvalue weighted by atomic mass is 10.0. The van der Waals surface area contributed by atoms with E-state index < -0.39 is 5.97 Å². The van der Waals surface area contributed by atoms with Gasteiger partial charge in [-0.05, 0) is 30.5 Å². The second-order valence-electron chi connectivity index (χ2n) is 8.19. The Hall–Kier alpha value is -3.04. The van der Waals surface area contributed by atoms with Crippen molar-refractivity contribution in [3.63, 3.8) is 0 Å². The fourth-order valence-corrected chi connectivity index (χ4v) is 4.35. The highest BCUT2D eigenvalue weighted by Gasteiger charge is 2.25. The van der Waals surface area contributed by atoms with Crippen molar-refractivity contribution in [2.45, 2.75) is 44.2 Å². The molecule has 3 aromatic heterocycles. The van der Waals surface area contributed by atoms with Gasteiger partial charge < -0.3 is 20.5 Å². The molecule has 0 bridgehead atoms. The van der Waals surface area contributed by atoms with Crippen LogP contribution in [0.15, 0.2) is 24.4 Å². The maximum absolute atomic E-state index is 11.4. The minimum atomic E-state index is -1.01. The number of aromatic nitrogens is 4. The van der Waals surface area contributed by atoms with Crippen molar-refractivity contribution in [2.24, 2.45) is 0 Å². The Morgan fingerprint density at radius 3 is 2.70 bits per heavy atom. The van der Waals surface area contributed by atoms with Gasteiger partial charge in [0.25, 0.3) is 0 Å². The van der Waals surface area contributed by atoms with E-state index in [1.165, 1.54) is 0 Å². The van der Waals surface area contributed by atoms with Crippen LogP contribution in [0.3, 0.4) is 0 Å². The van der Waals surface area contributed by atoms with E-state index in [1.54, 1.807) is 12.3 Å². The smallest absolute Gasteiger partial charge is 0.352 e. The normalized spacial score (nSPS) is 18.0. The Kier molecular flexibility index (Phi) is 4.84. The summed E-state index contributed by atoms with van der Waals surface area (Å²) in [4.78, 5) is 30.2. The molecule has 9 heteroatoms. The van der Waals surface area contributed by atoms with Crippen molar-refractivity contribution >= 4 is 28.8 Å². The van der Waals surface area contributed by atoms with E-state index in [0.29, 0.717) is 36.4 Å². The van der Waals surface area contributed by atoms with Crippen molar-refractivity contribution in [3.05, 3.63) is 41.3 Å². The van der Waals surface area contributed by atoms with Crippen LogP contribution < -0.4 is 5.32 Å². The first-order valence-corrected chi connectivity index (χ1v) is 10.3. The highest BCUT2D eigenvalue weighted by atomic mass is 16.4. The average Bonchev–Trinajstić information content (AvgIpc) is 3.37. The number of aromatic amines is 1. The third-order valence-electron chi connectivity index (χ3n) is 5.90. The summed E-state index contributed by atoms with van der Waals surface area (Å²) in [5.74, 6) is 0.348. The third kappa shape index (κ3) is 3.73. The maximum atomic E-state index is 11.4. The molecular formula is C21H24N6O3. The lowest BCUT2D eigenvalue weighted by Crippen LogP contribution is -2.49. The van der Waals surface area contributed by atoms with Crippen LogP contribution in [-0.2, 0) is 6.54 Å². The lowest BCUT2D eigenvalue weighted by Gasteiger charge is -2.35. The number of anilines is 2. The quantitative estimate of drug-likeness (QED) is 0.490. The summed E-state index contributed by atoms with van der Waals surface area (Å²) >= 11 is 0. The van der Waals surface area contributed by atoms with E-state index in [1.807, 2.05) is 12.1 Å². The molecule has 0 aromatic carbocycles. The highest BCUT2D eigenvalue weighted by Crippen LogP contribution is 2.37. The molecule has 30 heavy (non-hydrogen) atoms. The van der Waals surface area contributed by atoms with Gasteiger partial charge in [0.1, 0.15) is 17.2 Å². The zero-order valence-electron chi connectivity index (χ0n) is 16.5. The molecule has 0 unspecified atom stereocenters. The monoisotopic (exact) mass is 408 g/mol.